The highest BCUT2D eigenvalue weighted by Crippen LogP contribution is 2.30. The molecule has 0 saturated heterocycles. The third-order valence-electron chi connectivity index (χ3n) is 4.51. The molecule has 0 radical (unpaired) electrons. The standard InChI is InChI=1S/C23H18ClN3OS/c1-16-12-13-19(14-20(16)24)27-22(18-10-6-3-7-11-18)25-26-23(27)29-15-21(28)17-8-4-2-5-9-17/h2-14H,15H2,1H3. The Hall–Kier alpha value is -2.89. The van der Waals surface area contributed by atoms with Crippen LogP contribution in [0.25, 0.3) is 17.1 Å². The molecule has 0 aliphatic carbocycles. The van der Waals surface area contributed by atoms with Crippen molar-refractivity contribution in [2.45, 2.75) is 12.1 Å². The molecule has 144 valence electrons. The van der Waals surface area contributed by atoms with Gasteiger partial charge in [-0.25, -0.2) is 0 Å². The zero-order valence-electron chi connectivity index (χ0n) is 15.7. The van der Waals surface area contributed by atoms with Crippen molar-refractivity contribution in [3.8, 4) is 17.1 Å². The summed E-state index contributed by atoms with van der Waals surface area (Å²) in [7, 11) is 0. The van der Waals surface area contributed by atoms with Gasteiger partial charge >= 0.3 is 0 Å². The van der Waals surface area contributed by atoms with E-state index in [9.17, 15) is 4.79 Å². The van der Waals surface area contributed by atoms with Gasteiger partial charge in [-0.2, -0.15) is 0 Å². The van der Waals surface area contributed by atoms with Crippen LogP contribution in [0.15, 0.2) is 84.0 Å². The minimum absolute atomic E-state index is 0.0494. The SMILES string of the molecule is Cc1ccc(-n2c(SCC(=O)c3ccccc3)nnc2-c2ccccc2)cc1Cl. The number of carbonyl (C=O) groups excluding carboxylic acids is 1. The number of Topliss-reactive ketones (excluding diaryl/α,β-unsaturated/α-hetero) is 1. The van der Waals surface area contributed by atoms with Crippen LogP contribution in [-0.4, -0.2) is 26.3 Å². The number of aromatic nitrogens is 3. The second-order valence-corrected chi connectivity index (χ2v) is 7.87. The Morgan fingerprint density at radius 3 is 2.34 bits per heavy atom. The summed E-state index contributed by atoms with van der Waals surface area (Å²) in [5.41, 5.74) is 3.49. The number of hydrogen-bond donors (Lipinski definition) is 0. The molecule has 0 aliphatic rings. The van der Waals surface area contributed by atoms with E-state index in [0.29, 0.717) is 21.6 Å². The summed E-state index contributed by atoms with van der Waals surface area (Å²) in [6.45, 7) is 1.96. The van der Waals surface area contributed by atoms with Crippen LogP contribution >= 0.6 is 23.4 Å². The topological polar surface area (TPSA) is 47.8 Å². The summed E-state index contributed by atoms with van der Waals surface area (Å²) < 4.78 is 1.95. The Bertz CT molecular complexity index is 1140. The molecule has 6 heteroatoms. The number of halogens is 1. The van der Waals surface area contributed by atoms with Gasteiger partial charge in [0.15, 0.2) is 16.8 Å². The number of benzene rings is 3. The first-order valence-electron chi connectivity index (χ1n) is 9.12. The number of thioether (sulfide) groups is 1. The van der Waals surface area contributed by atoms with Crippen molar-refractivity contribution in [2.24, 2.45) is 0 Å². The summed E-state index contributed by atoms with van der Waals surface area (Å²) in [4.78, 5) is 12.5. The largest absolute Gasteiger partial charge is 0.293 e. The molecule has 0 N–H and O–H groups in total. The molecule has 0 saturated carbocycles. The Morgan fingerprint density at radius 1 is 0.966 bits per heavy atom. The van der Waals surface area contributed by atoms with Gasteiger partial charge in [-0.3, -0.25) is 9.36 Å². The molecule has 0 unspecified atom stereocenters. The van der Waals surface area contributed by atoms with Crippen molar-refractivity contribution in [3.05, 3.63) is 95.0 Å². The van der Waals surface area contributed by atoms with Crippen molar-refractivity contribution in [1.29, 1.82) is 0 Å². The van der Waals surface area contributed by atoms with Crippen LogP contribution in [0.5, 0.6) is 0 Å². The van der Waals surface area contributed by atoms with Crippen molar-refractivity contribution in [2.75, 3.05) is 5.75 Å². The third-order valence-corrected chi connectivity index (χ3v) is 5.84. The number of rotatable bonds is 6. The molecule has 3 aromatic carbocycles. The lowest BCUT2D eigenvalue weighted by Gasteiger charge is -2.11. The molecular weight excluding hydrogens is 402 g/mol. The zero-order valence-corrected chi connectivity index (χ0v) is 17.3. The highest BCUT2D eigenvalue weighted by molar-refractivity contribution is 7.99. The molecule has 1 aromatic heterocycles. The Kier molecular flexibility index (Phi) is 5.79. The lowest BCUT2D eigenvalue weighted by Crippen LogP contribution is -2.05. The van der Waals surface area contributed by atoms with Crippen LogP contribution in [0.4, 0.5) is 0 Å². The van der Waals surface area contributed by atoms with Gasteiger partial charge in [0.2, 0.25) is 0 Å². The quantitative estimate of drug-likeness (QED) is 0.289. The fourth-order valence-corrected chi connectivity index (χ4v) is 3.95. The van der Waals surface area contributed by atoms with E-state index in [1.165, 1.54) is 11.8 Å². The number of hydrogen-bond acceptors (Lipinski definition) is 4. The molecule has 0 spiro atoms. The normalized spacial score (nSPS) is 10.8. The van der Waals surface area contributed by atoms with Crippen LogP contribution in [0, 0.1) is 6.92 Å². The molecule has 4 rings (SSSR count). The maximum atomic E-state index is 12.5. The molecule has 4 nitrogen and oxygen atoms in total. The lowest BCUT2D eigenvalue weighted by molar-refractivity contribution is 0.102. The van der Waals surface area contributed by atoms with E-state index in [1.54, 1.807) is 0 Å². The van der Waals surface area contributed by atoms with Crippen molar-refractivity contribution in [1.82, 2.24) is 14.8 Å². The van der Waals surface area contributed by atoms with E-state index in [0.717, 1.165) is 16.8 Å². The molecule has 4 aromatic rings. The highest BCUT2D eigenvalue weighted by Gasteiger charge is 2.18. The number of carbonyl (C=O) groups is 1. The van der Waals surface area contributed by atoms with Crippen LogP contribution < -0.4 is 0 Å². The molecule has 0 atom stereocenters. The molecular formula is C23H18ClN3OS. The molecule has 1 heterocycles. The second kappa shape index (κ2) is 8.64. The maximum absolute atomic E-state index is 12.5. The predicted molar refractivity (Wildman–Crippen MR) is 118 cm³/mol. The summed E-state index contributed by atoms with van der Waals surface area (Å²) >= 11 is 7.74. The number of nitrogens with zero attached hydrogens (tertiary/aromatic N) is 3. The summed E-state index contributed by atoms with van der Waals surface area (Å²) in [5, 5.41) is 10.1. The van der Waals surface area contributed by atoms with Crippen molar-refractivity contribution in [3.63, 3.8) is 0 Å². The minimum atomic E-state index is 0.0494. The van der Waals surface area contributed by atoms with Gasteiger partial charge in [-0.1, -0.05) is 90.1 Å². The highest BCUT2D eigenvalue weighted by atomic mass is 35.5. The first kappa shape index (κ1) is 19.4. The molecule has 29 heavy (non-hydrogen) atoms. The smallest absolute Gasteiger partial charge is 0.196 e. The van der Waals surface area contributed by atoms with Crippen LogP contribution in [0.3, 0.4) is 0 Å². The van der Waals surface area contributed by atoms with Gasteiger partial charge in [0.1, 0.15) is 0 Å². The van der Waals surface area contributed by atoms with Gasteiger partial charge in [0.05, 0.1) is 11.4 Å². The first-order chi connectivity index (χ1) is 14.1. The average molecular weight is 420 g/mol. The average Bonchev–Trinajstić information content (AvgIpc) is 3.19. The number of ketones is 1. The van der Waals surface area contributed by atoms with Gasteiger partial charge in [0, 0.05) is 16.1 Å². The fraction of sp³-hybridized carbons (Fsp3) is 0.0870. The summed E-state index contributed by atoms with van der Waals surface area (Å²) in [6, 6.07) is 25.0. The second-order valence-electron chi connectivity index (χ2n) is 6.52. The zero-order chi connectivity index (χ0) is 20.2. The Morgan fingerprint density at radius 2 is 1.66 bits per heavy atom. The van der Waals surface area contributed by atoms with E-state index in [-0.39, 0.29) is 11.5 Å². The number of aryl methyl sites for hydroxylation is 1. The Labute approximate surface area is 178 Å². The van der Waals surface area contributed by atoms with Crippen molar-refractivity contribution < 1.29 is 4.79 Å². The summed E-state index contributed by atoms with van der Waals surface area (Å²) in [6.07, 6.45) is 0. The predicted octanol–water partition coefficient (Wildman–Crippen LogP) is 5.87. The van der Waals surface area contributed by atoms with Crippen LogP contribution in [-0.2, 0) is 0 Å². The Balaban J connectivity index is 1.71. The van der Waals surface area contributed by atoms with E-state index < -0.39 is 0 Å². The molecule has 0 fully saturated rings. The first-order valence-corrected chi connectivity index (χ1v) is 10.5. The maximum Gasteiger partial charge on any atom is 0.196 e. The van der Waals surface area contributed by atoms with Crippen LogP contribution in [0.2, 0.25) is 5.02 Å². The van der Waals surface area contributed by atoms with E-state index in [2.05, 4.69) is 10.2 Å². The lowest BCUT2D eigenvalue weighted by atomic mass is 10.2. The molecule has 0 amide bonds. The van der Waals surface area contributed by atoms with E-state index in [4.69, 9.17) is 11.6 Å². The van der Waals surface area contributed by atoms with Crippen molar-refractivity contribution >= 4 is 29.1 Å². The summed E-state index contributed by atoms with van der Waals surface area (Å²) in [5.74, 6) is 1.03. The molecule has 0 aliphatic heterocycles. The van der Waals surface area contributed by atoms with Gasteiger partial charge < -0.3 is 0 Å². The molecule has 0 bridgehead atoms. The van der Waals surface area contributed by atoms with Gasteiger partial charge in [0.25, 0.3) is 0 Å². The third kappa shape index (κ3) is 4.26. The fourth-order valence-electron chi connectivity index (χ4n) is 2.93. The monoisotopic (exact) mass is 419 g/mol. The van der Waals surface area contributed by atoms with E-state index >= 15 is 0 Å². The van der Waals surface area contributed by atoms with Crippen LogP contribution in [0.1, 0.15) is 15.9 Å². The van der Waals surface area contributed by atoms with E-state index in [1.807, 2.05) is 90.4 Å². The van der Waals surface area contributed by atoms with Gasteiger partial charge in [-0.05, 0) is 24.6 Å². The minimum Gasteiger partial charge on any atom is -0.293 e. The van der Waals surface area contributed by atoms with Gasteiger partial charge in [-0.15, -0.1) is 10.2 Å².